The Morgan fingerprint density at radius 3 is 2.88 bits per heavy atom. The van der Waals surface area contributed by atoms with Gasteiger partial charge in [-0.2, -0.15) is 0 Å². The number of pyridine rings is 1. The predicted octanol–water partition coefficient (Wildman–Crippen LogP) is 1.58. The molecule has 94 valence electrons. The summed E-state index contributed by atoms with van der Waals surface area (Å²) < 4.78 is 5.36. The highest BCUT2D eigenvalue weighted by Crippen LogP contribution is 2.17. The Morgan fingerprint density at radius 2 is 2.29 bits per heavy atom. The van der Waals surface area contributed by atoms with Crippen molar-refractivity contribution >= 4 is 22.9 Å². The third-order valence-electron chi connectivity index (χ3n) is 2.45. The minimum absolute atomic E-state index is 0.329. The van der Waals surface area contributed by atoms with Crippen LogP contribution in [0.25, 0.3) is 0 Å². The van der Waals surface area contributed by atoms with Gasteiger partial charge in [0.05, 0.1) is 12.3 Å². The van der Waals surface area contributed by atoms with Gasteiger partial charge in [0.1, 0.15) is 10.7 Å². The van der Waals surface area contributed by atoms with Crippen molar-refractivity contribution < 1.29 is 4.74 Å². The maximum atomic E-state index is 5.67. The highest BCUT2D eigenvalue weighted by molar-refractivity contribution is 7.80. The summed E-state index contributed by atoms with van der Waals surface area (Å²) in [4.78, 5) is 6.72. The lowest BCUT2D eigenvalue weighted by Crippen LogP contribution is -2.30. The van der Waals surface area contributed by atoms with Gasteiger partial charge in [-0.05, 0) is 26.0 Å². The Kier molecular flexibility index (Phi) is 5.86. The van der Waals surface area contributed by atoms with Gasteiger partial charge < -0.3 is 15.4 Å². The molecule has 1 aromatic rings. The first-order valence-corrected chi connectivity index (χ1v) is 6.19. The van der Waals surface area contributed by atoms with E-state index in [0.29, 0.717) is 17.3 Å². The summed E-state index contributed by atoms with van der Waals surface area (Å²) in [5, 5.41) is 0. The maximum absolute atomic E-state index is 5.67. The van der Waals surface area contributed by atoms with Crippen LogP contribution < -0.4 is 10.6 Å². The fourth-order valence-corrected chi connectivity index (χ4v) is 1.77. The molecule has 0 saturated heterocycles. The summed E-state index contributed by atoms with van der Waals surface area (Å²) in [6.07, 6.45) is 1.70. The Balaban J connectivity index is 2.83. The molecule has 5 heteroatoms. The number of aromatic nitrogens is 1. The molecular formula is C12H19N3OS. The minimum Gasteiger partial charge on any atom is -0.388 e. The average molecular weight is 253 g/mol. The fraction of sp³-hybridized carbons (Fsp3) is 0.500. The van der Waals surface area contributed by atoms with Gasteiger partial charge >= 0.3 is 0 Å². The zero-order chi connectivity index (χ0) is 12.7. The Morgan fingerprint density at radius 1 is 1.53 bits per heavy atom. The van der Waals surface area contributed by atoms with Gasteiger partial charge in [-0.15, -0.1) is 0 Å². The summed E-state index contributed by atoms with van der Waals surface area (Å²) >= 11 is 5.01. The Labute approximate surface area is 108 Å². The van der Waals surface area contributed by atoms with Crippen LogP contribution in [0.15, 0.2) is 18.3 Å². The first-order chi connectivity index (χ1) is 8.20. The second-order valence-electron chi connectivity index (χ2n) is 3.51. The van der Waals surface area contributed by atoms with Crippen LogP contribution in [0.3, 0.4) is 0 Å². The van der Waals surface area contributed by atoms with Gasteiger partial charge in [-0.25, -0.2) is 0 Å². The molecule has 0 atom stereocenters. The largest absolute Gasteiger partial charge is 0.388 e. The lowest BCUT2D eigenvalue weighted by atomic mass is 10.2. The molecule has 17 heavy (non-hydrogen) atoms. The third-order valence-corrected chi connectivity index (χ3v) is 2.65. The number of likely N-dealkylation sites (N-methyl/N-ethyl adjacent to an activating group) is 1. The van der Waals surface area contributed by atoms with E-state index in [1.807, 2.05) is 19.1 Å². The second-order valence-corrected chi connectivity index (χ2v) is 3.95. The molecular weight excluding hydrogens is 234 g/mol. The Hall–Kier alpha value is -1.20. The Bertz CT molecular complexity index is 371. The molecule has 0 radical (unpaired) electrons. The lowest BCUT2D eigenvalue weighted by molar-refractivity contribution is 0.154. The van der Waals surface area contributed by atoms with Crippen molar-refractivity contribution in [2.75, 3.05) is 31.2 Å². The quantitative estimate of drug-likeness (QED) is 0.590. The van der Waals surface area contributed by atoms with Gasteiger partial charge in [-0.1, -0.05) is 12.2 Å². The molecule has 0 saturated carbocycles. The van der Waals surface area contributed by atoms with Crippen molar-refractivity contribution in [2.24, 2.45) is 5.73 Å². The number of anilines is 1. The number of ether oxygens (including phenoxy) is 1. The normalized spacial score (nSPS) is 10.2. The van der Waals surface area contributed by atoms with Crippen molar-refractivity contribution in [1.82, 2.24) is 4.98 Å². The second kappa shape index (κ2) is 7.19. The molecule has 0 bridgehead atoms. The van der Waals surface area contributed by atoms with Crippen LogP contribution in [0.2, 0.25) is 0 Å². The van der Waals surface area contributed by atoms with Gasteiger partial charge in [0.25, 0.3) is 0 Å². The van der Waals surface area contributed by atoms with E-state index in [1.165, 1.54) is 0 Å². The van der Waals surface area contributed by atoms with Gasteiger partial charge in [-0.3, -0.25) is 4.98 Å². The average Bonchev–Trinajstić information content (AvgIpc) is 2.35. The maximum Gasteiger partial charge on any atom is 0.124 e. The molecule has 0 aliphatic heterocycles. The van der Waals surface area contributed by atoms with Crippen molar-refractivity contribution in [3.8, 4) is 0 Å². The number of hydrogen-bond donors (Lipinski definition) is 1. The van der Waals surface area contributed by atoms with E-state index in [2.05, 4.69) is 16.8 Å². The minimum atomic E-state index is 0.329. The molecule has 0 aromatic carbocycles. The van der Waals surface area contributed by atoms with Crippen LogP contribution in [0.1, 0.15) is 19.5 Å². The van der Waals surface area contributed by atoms with E-state index < -0.39 is 0 Å². The number of thiocarbonyl (C=S) groups is 1. The van der Waals surface area contributed by atoms with E-state index in [4.69, 9.17) is 22.7 Å². The van der Waals surface area contributed by atoms with Crippen molar-refractivity contribution in [2.45, 2.75) is 13.8 Å². The van der Waals surface area contributed by atoms with Crippen LogP contribution >= 0.6 is 12.2 Å². The third kappa shape index (κ3) is 3.94. The summed E-state index contributed by atoms with van der Waals surface area (Å²) in [6, 6.07) is 3.87. The summed E-state index contributed by atoms with van der Waals surface area (Å²) in [5.74, 6) is 0. The lowest BCUT2D eigenvalue weighted by Gasteiger charge is -2.24. The monoisotopic (exact) mass is 253 g/mol. The molecule has 1 rings (SSSR count). The van der Waals surface area contributed by atoms with E-state index in [9.17, 15) is 0 Å². The van der Waals surface area contributed by atoms with E-state index in [1.54, 1.807) is 6.20 Å². The molecule has 2 N–H and O–H groups in total. The van der Waals surface area contributed by atoms with Crippen LogP contribution in [0, 0.1) is 0 Å². The van der Waals surface area contributed by atoms with E-state index >= 15 is 0 Å². The topological polar surface area (TPSA) is 51.4 Å². The first-order valence-electron chi connectivity index (χ1n) is 5.78. The van der Waals surface area contributed by atoms with Gasteiger partial charge in [0.2, 0.25) is 0 Å². The first kappa shape index (κ1) is 13.9. The van der Waals surface area contributed by atoms with Crippen molar-refractivity contribution in [1.29, 1.82) is 0 Å². The SMILES string of the molecule is CCOCCN(CC)c1cccnc1C(N)=S. The number of hydrogen-bond acceptors (Lipinski definition) is 4. The summed E-state index contributed by atoms with van der Waals surface area (Å²) in [5.41, 5.74) is 7.33. The van der Waals surface area contributed by atoms with Crippen LogP contribution in [0.4, 0.5) is 5.69 Å². The highest BCUT2D eigenvalue weighted by atomic mass is 32.1. The zero-order valence-corrected chi connectivity index (χ0v) is 11.2. The standard InChI is InChI=1S/C12H19N3OS/c1-3-15(8-9-16-4-2)10-6-5-7-14-11(10)12(13)17/h5-7H,3-4,8-9H2,1-2H3,(H2,13,17). The highest BCUT2D eigenvalue weighted by Gasteiger charge is 2.11. The molecule has 0 amide bonds. The molecule has 1 heterocycles. The molecule has 0 spiro atoms. The molecule has 4 nitrogen and oxygen atoms in total. The van der Waals surface area contributed by atoms with E-state index in [0.717, 1.165) is 25.4 Å². The summed E-state index contributed by atoms with van der Waals surface area (Å²) in [7, 11) is 0. The van der Waals surface area contributed by atoms with Crippen LogP contribution in [-0.2, 0) is 4.74 Å². The zero-order valence-electron chi connectivity index (χ0n) is 10.3. The number of rotatable bonds is 7. The van der Waals surface area contributed by atoms with Crippen molar-refractivity contribution in [3.05, 3.63) is 24.0 Å². The molecule has 0 unspecified atom stereocenters. The predicted molar refractivity (Wildman–Crippen MR) is 74.5 cm³/mol. The van der Waals surface area contributed by atoms with Gasteiger partial charge in [0.15, 0.2) is 0 Å². The number of nitrogens with zero attached hydrogens (tertiary/aromatic N) is 2. The fourth-order valence-electron chi connectivity index (χ4n) is 1.61. The molecule has 0 aliphatic rings. The molecule has 1 aromatic heterocycles. The number of nitrogens with two attached hydrogens (primary N) is 1. The molecule has 0 fully saturated rings. The van der Waals surface area contributed by atoms with E-state index in [-0.39, 0.29) is 0 Å². The van der Waals surface area contributed by atoms with Crippen molar-refractivity contribution in [3.63, 3.8) is 0 Å². The smallest absolute Gasteiger partial charge is 0.124 e. The van der Waals surface area contributed by atoms with Crippen LogP contribution in [-0.4, -0.2) is 36.3 Å². The molecule has 0 aliphatic carbocycles. The van der Waals surface area contributed by atoms with Gasteiger partial charge in [0, 0.05) is 25.9 Å². The van der Waals surface area contributed by atoms with Crippen LogP contribution in [0.5, 0.6) is 0 Å². The summed E-state index contributed by atoms with van der Waals surface area (Å²) in [6.45, 7) is 7.17.